The van der Waals surface area contributed by atoms with Gasteiger partial charge in [0, 0.05) is 11.6 Å². The van der Waals surface area contributed by atoms with Crippen LogP contribution in [0.2, 0.25) is 0 Å². The summed E-state index contributed by atoms with van der Waals surface area (Å²) in [6.07, 6.45) is 9.22. The van der Waals surface area contributed by atoms with Gasteiger partial charge >= 0.3 is 0 Å². The number of hydrogen-bond donors (Lipinski definition) is 1. The zero-order valence-corrected chi connectivity index (χ0v) is 12.3. The molecule has 0 bridgehead atoms. The SMILES string of the molecule is CCNC(C=C(C)C)C1(N(C)C)CCCCC1. The van der Waals surface area contributed by atoms with Crippen molar-refractivity contribution in [3.05, 3.63) is 11.6 Å². The van der Waals surface area contributed by atoms with Gasteiger partial charge in [0.2, 0.25) is 0 Å². The summed E-state index contributed by atoms with van der Waals surface area (Å²) in [5.74, 6) is 0. The van der Waals surface area contributed by atoms with Gasteiger partial charge in [-0.2, -0.15) is 0 Å². The van der Waals surface area contributed by atoms with Crippen molar-refractivity contribution in [1.82, 2.24) is 10.2 Å². The molecule has 0 aliphatic heterocycles. The molecule has 2 heteroatoms. The van der Waals surface area contributed by atoms with Crippen LogP contribution in [0.15, 0.2) is 11.6 Å². The number of nitrogens with one attached hydrogen (secondary N) is 1. The lowest BCUT2D eigenvalue weighted by molar-refractivity contribution is 0.0740. The molecule has 1 rings (SSSR count). The lowest BCUT2D eigenvalue weighted by Gasteiger charge is -2.48. The maximum absolute atomic E-state index is 3.69. The van der Waals surface area contributed by atoms with Crippen molar-refractivity contribution in [2.75, 3.05) is 20.6 Å². The topological polar surface area (TPSA) is 15.3 Å². The Bertz CT molecular complexity index is 246. The highest BCUT2D eigenvalue weighted by Gasteiger charge is 2.40. The highest BCUT2D eigenvalue weighted by atomic mass is 15.2. The van der Waals surface area contributed by atoms with Crippen LogP contribution in [0, 0.1) is 0 Å². The van der Waals surface area contributed by atoms with E-state index in [4.69, 9.17) is 0 Å². The average Bonchev–Trinajstić information content (AvgIpc) is 2.28. The van der Waals surface area contributed by atoms with Gasteiger partial charge in [-0.3, -0.25) is 0 Å². The van der Waals surface area contributed by atoms with E-state index in [9.17, 15) is 0 Å². The summed E-state index contributed by atoms with van der Waals surface area (Å²) in [7, 11) is 4.49. The van der Waals surface area contributed by atoms with E-state index >= 15 is 0 Å². The molecule has 1 aliphatic rings. The van der Waals surface area contributed by atoms with Crippen LogP contribution in [-0.2, 0) is 0 Å². The Labute approximate surface area is 107 Å². The van der Waals surface area contributed by atoms with Crippen LogP contribution in [0.3, 0.4) is 0 Å². The fourth-order valence-corrected chi connectivity index (χ4v) is 3.16. The van der Waals surface area contributed by atoms with Crippen molar-refractivity contribution >= 4 is 0 Å². The molecule has 0 heterocycles. The van der Waals surface area contributed by atoms with Crippen LogP contribution in [0.4, 0.5) is 0 Å². The van der Waals surface area contributed by atoms with Crippen molar-refractivity contribution in [3.63, 3.8) is 0 Å². The minimum atomic E-state index is 0.325. The summed E-state index contributed by atoms with van der Waals surface area (Å²) in [6.45, 7) is 7.66. The summed E-state index contributed by atoms with van der Waals surface area (Å²) in [6, 6.07) is 0.493. The maximum Gasteiger partial charge on any atom is 0.0438 e. The number of allylic oxidation sites excluding steroid dienone is 1. The number of rotatable bonds is 5. The second-order valence-electron chi connectivity index (χ2n) is 5.84. The largest absolute Gasteiger partial charge is 0.309 e. The molecule has 0 spiro atoms. The minimum absolute atomic E-state index is 0.325. The highest BCUT2D eigenvalue weighted by Crippen LogP contribution is 2.35. The molecule has 1 N–H and O–H groups in total. The van der Waals surface area contributed by atoms with Gasteiger partial charge in [0.15, 0.2) is 0 Å². The molecule has 100 valence electrons. The smallest absolute Gasteiger partial charge is 0.0438 e. The first kappa shape index (κ1) is 14.7. The first-order chi connectivity index (χ1) is 8.03. The number of hydrogen-bond acceptors (Lipinski definition) is 2. The average molecular weight is 238 g/mol. The van der Waals surface area contributed by atoms with E-state index < -0.39 is 0 Å². The third kappa shape index (κ3) is 3.56. The molecule has 0 aromatic rings. The van der Waals surface area contributed by atoms with E-state index in [1.165, 1.54) is 37.7 Å². The van der Waals surface area contributed by atoms with Gasteiger partial charge in [0.25, 0.3) is 0 Å². The van der Waals surface area contributed by atoms with Gasteiger partial charge in [0.1, 0.15) is 0 Å². The molecule has 1 aliphatic carbocycles. The van der Waals surface area contributed by atoms with Gasteiger partial charge < -0.3 is 10.2 Å². The van der Waals surface area contributed by atoms with Crippen molar-refractivity contribution in [1.29, 1.82) is 0 Å². The summed E-state index contributed by atoms with van der Waals surface area (Å²) in [5, 5.41) is 3.69. The van der Waals surface area contributed by atoms with E-state index in [0.29, 0.717) is 11.6 Å². The highest BCUT2D eigenvalue weighted by molar-refractivity contribution is 5.13. The Morgan fingerprint density at radius 3 is 2.24 bits per heavy atom. The van der Waals surface area contributed by atoms with Crippen LogP contribution < -0.4 is 5.32 Å². The fourth-order valence-electron chi connectivity index (χ4n) is 3.16. The third-order valence-corrected chi connectivity index (χ3v) is 4.11. The molecule has 0 aromatic heterocycles. The van der Waals surface area contributed by atoms with Crippen molar-refractivity contribution in [3.8, 4) is 0 Å². The van der Waals surface area contributed by atoms with Crippen molar-refractivity contribution < 1.29 is 0 Å². The third-order valence-electron chi connectivity index (χ3n) is 4.11. The van der Waals surface area contributed by atoms with E-state index in [1.54, 1.807) is 0 Å². The van der Waals surface area contributed by atoms with Gasteiger partial charge in [-0.05, 0) is 47.3 Å². The summed E-state index contributed by atoms with van der Waals surface area (Å²) in [4.78, 5) is 2.46. The molecule has 0 saturated heterocycles. The van der Waals surface area contributed by atoms with Gasteiger partial charge in [0.05, 0.1) is 0 Å². The molecule has 1 saturated carbocycles. The van der Waals surface area contributed by atoms with Gasteiger partial charge in [-0.25, -0.2) is 0 Å². The first-order valence-corrected chi connectivity index (χ1v) is 7.09. The van der Waals surface area contributed by atoms with E-state index in [0.717, 1.165) is 6.54 Å². The van der Waals surface area contributed by atoms with Crippen LogP contribution >= 0.6 is 0 Å². The Balaban J connectivity index is 2.95. The first-order valence-electron chi connectivity index (χ1n) is 7.09. The van der Waals surface area contributed by atoms with Crippen LogP contribution in [0.1, 0.15) is 52.9 Å². The van der Waals surface area contributed by atoms with Crippen molar-refractivity contribution in [2.45, 2.75) is 64.5 Å². The van der Waals surface area contributed by atoms with Crippen LogP contribution in [0.5, 0.6) is 0 Å². The molecular weight excluding hydrogens is 208 g/mol. The molecule has 1 fully saturated rings. The maximum atomic E-state index is 3.69. The Morgan fingerprint density at radius 2 is 1.82 bits per heavy atom. The van der Waals surface area contributed by atoms with E-state index in [2.05, 4.69) is 51.2 Å². The van der Waals surface area contributed by atoms with Crippen LogP contribution in [-0.4, -0.2) is 37.1 Å². The summed E-state index contributed by atoms with van der Waals surface area (Å²) >= 11 is 0. The van der Waals surface area contributed by atoms with Gasteiger partial charge in [-0.1, -0.05) is 37.8 Å². The lowest BCUT2D eigenvalue weighted by atomic mass is 9.74. The minimum Gasteiger partial charge on any atom is -0.309 e. The lowest BCUT2D eigenvalue weighted by Crippen LogP contribution is -2.59. The summed E-state index contributed by atoms with van der Waals surface area (Å²) in [5.41, 5.74) is 1.74. The normalized spacial score (nSPS) is 21.3. The fraction of sp³-hybridized carbons (Fsp3) is 0.867. The second kappa shape index (κ2) is 6.55. The Kier molecular flexibility index (Phi) is 5.68. The van der Waals surface area contributed by atoms with Gasteiger partial charge in [-0.15, -0.1) is 0 Å². The molecule has 0 amide bonds. The molecule has 0 radical (unpaired) electrons. The second-order valence-corrected chi connectivity index (χ2v) is 5.84. The van der Waals surface area contributed by atoms with E-state index in [1.807, 2.05) is 0 Å². The molecule has 1 atom stereocenters. The molecule has 1 unspecified atom stereocenters. The standard InChI is InChI=1S/C15H30N2/c1-6-16-14(12-13(2)3)15(17(4)5)10-8-7-9-11-15/h12,14,16H,6-11H2,1-5H3. The van der Waals surface area contributed by atoms with Crippen molar-refractivity contribution in [2.24, 2.45) is 0 Å². The summed E-state index contributed by atoms with van der Waals surface area (Å²) < 4.78 is 0. The number of likely N-dealkylation sites (N-methyl/N-ethyl adjacent to an activating group) is 2. The molecule has 17 heavy (non-hydrogen) atoms. The monoisotopic (exact) mass is 238 g/mol. The molecule has 2 nitrogen and oxygen atoms in total. The quantitative estimate of drug-likeness (QED) is 0.740. The number of nitrogens with zero attached hydrogens (tertiary/aromatic N) is 1. The predicted molar refractivity (Wildman–Crippen MR) is 76.4 cm³/mol. The zero-order chi connectivity index (χ0) is 12.9. The zero-order valence-electron chi connectivity index (χ0n) is 12.3. The van der Waals surface area contributed by atoms with E-state index in [-0.39, 0.29) is 0 Å². The Hall–Kier alpha value is -0.340. The predicted octanol–water partition coefficient (Wildman–Crippen LogP) is 3.20. The molecule has 0 aromatic carbocycles. The van der Waals surface area contributed by atoms with Crippen LogP contribution in [0.25, 0.3) is 0 Å². The molecular formula is C15H30N2. The Morgan fingerprint density at radius 1 is 1.24 bits per heavy atom.